The van der Waals surface area contributed by atoms with Gasteiger partial charge in [-0.3, -0.25) is 14.6 Å². The molecular formula is C23H23N5O2. The van der Waals surface area contributed by atoms with Gasteiger partial charge in [0.2, 0.25) is 5.91 Å². The van der Waals surface area contributed by atoms with Crippen LogP contribution in [0.1, 0.15) is 24.3 Å². The zero-order valence-electron chi connectivity index (χ0n) is 17.0. The fourth-order valence-corrected chi connectivity index (χ4v) is 3.50. The van der Waals surface area contributed by atoms with Gasteiger partial charge in [0.25, 0.3) is 5.91 Å². The van der Waals surface area contributed by atoms with E-state index in [1.54, 1.807) is 0 Å². The van der Waals surface area contributed by atoms with Crippen molar-refractivity contribution in [3.05, 3.63) is 66.6 Å². The van der Waals surface area contributed by atoms with Gasteiger partial charge in [-0.05, 0) is 50.2 Å². The molecule has 0 saturated heterocycles. The number of nitrogens with one attached hydrogen (secondary N) is 1. The van der Waals surface area contributed by atoms with E-state index in [2.05, 4.69) is 15.3 Å². The van der Waals surface area contributed by atoms with Crippen LogP contribution >= 0.6 is 0 Å². The SMILES string of the molecule is CCN(CC)C(=O)Cn1ccc2cc(NC(=O)c3cnc4ccccc4n3)ccc21. The average Bonchev–Trinajstić information content (AvgIpc) is 3.16. The number of para-hydroxylation sites is 2. The normalized spacial score (nSPS) is 11.0. The first-order valence-electron chi connectivity index (χ1n) is 9.99. The van der Waals surface area contributed by atoms with Crippen LogP contribution in [-0.4, -0.2) is 44.3 Å². The molecule has 2 aromatic carbocycles. The van der Waals surface area contributed by atoms with Crippen molar-refractivity contribution in [3.63, 3.8) is 0 Å². The molecule has 0 radical (unpaired) electrons. The van der Waals surface area contributed by atoms with E-state index < -0.39 is 0 Å². The number of anilines is 1. The van der Waals surface area contributed by atoms with Gasteiger partial charge in [-0.15, -0.1) is 0 Å². The van der Waals surface area contributed by atoms with Gasteiger partial charge in [-0.25, -0.2) is 4.98 Å². The summed E-state index contributed by atoms with van der Waals surface area (Å²) in [6.45, 7) is 5.64. The molecular weight excluding hydrogens is 378 g/mol. The number of benzene rings is 2. The van der Waals surface area contributed by atoms with Crippen LogP contribution < -0.4 is 5.32 Å². The number of likely N-dealkylation sites (N-methyl/N-ethyl adjacent to an activating group) is 1. The lowest BCUT2D eigenvalue weighted by Gasteiger charge is -2.19. The molecule has 0 aliphatic carbocycles. The molecule has 7 nitrogen and oxygen atoms in total. The summed E-state index contributed by atoms with van der Waals surface area (Å²) >= 11 is 0. The highest BCUT2D eigenvalue weighted by Crippen LogP contribution is 2.21. The quantitative estimate of drug-likeness (QED) is 0.534. The fourth-order valence-electron chi connectivity index (χ4n) is 3.50. The second-order valence-corrected chi connectivity index (χ2v) is 6.98. The molecule has 0 aliphatic heterocycles. The first-order chi connectivity index (χ1) is 14.6. The first kappa shape index (κ1) is 19.6. The Kier molecular flexibility index (Phi) is 5.43. The zero-order chi connectivity index (χ0) is 21.1. The van der Waals surface area contributed by atoms with Crippen molar-refractivity contribution < 1.29 is 9.59 Å². The number of carbonyl (C=O) groups is 2. The van der Waals surface area contributed by atoms with E-state index >= 15 is 0 Å². The third-order valence-electron chi connectivity index (χ3n) is 5.13. The minimum absolute atomic E-state index is 0.0877. The van der Waals surface area contributed by atoms with Crippen molar-refractivity contribution in [2.75, 3.05) is 18.4 Å². The van der Waals surface area contributed by atoms with Crippen LogP contribution in [0.15, 0.2) is 60.9 Å². The summed E-state index contributed by atoms with van der Waals surface area (Å²) in [6.07, 6.45) is 3.37. The Hall–Kier alpha value is -3.74. The van der Waals surface area contributed by atoms with Gasteiger partial charge in [-0.1, -0.05) is 12.1 Å². The molecule has 4 rings (SSSR count). The van der Waals surface area contributed by atoms with E-state index in [9.17, 15) is 9.59 Å². The standard InChI is InChI=1S/C23H23N5O2/c1-3-27(4-2)22(29)15-28-12-11-16-13-17(9-10-21(16)28)25-23(30)20-14-24-18-7-5-6-8-19(18)26-20/h5-14H,3-4,15H2,1-2H3,(H,25,30). The largest absolute Gasteiger partial charge is 0.342 e. The van der Waals surface area contributed by atoms with Crippen LogP contribution in [0.3, 0.4) is 0 Å². The highest BCUT2D eigenvalue weighted by molar-refractivity contribution is 6.04. The van der Waals surface area contributed by atoms with Crippen LogP contribution in [0.2, 0.25) is 0 Å². The number of nitrogens with zero attached hydrogens (tertiary/aromatic N) is 4. The lowest BCUT2D eigenvalue weighted by atomic mass is 10.2. The Morgan fingerprint density at radius 1 is 1.03 bits per heavy atom. The summed E-state index contributed by atoms with van der Waals surface area (Å²) in [5.74, 6) is -0.228. The van der Waals surface area contributed by atoms with Gasteiger partial charge in [-0.2, -0.15) is 0 Å². The topological polar surface area (TPSA) is 80.1 Å². The van der Waals surface area contributed by atoms with Crippen molar-refractivity contribution >= 4 is 39.4 Å². The Balaban J connectivity index is 1.52. The van der Waals surface area contributed by atoms with Crippen molar-refractivity contribution in [1.82, 2.24) is 19.4 Å². The van der Waals surface area contributed by atoms with E-state index in [0.29, 0.717) is 30.8 Å². The number of fused-ring (bicyclic) bond motifs is 2. The third kappa shape index (κ3) is 3.87. The van der Waals surface area contributed by atoms with E-state index in [1.807, 2.05) is 78.0 Å². The van der Waals surface area contributed by atoms with Crippen LogP contribution in [0.5, 0.6) is 0 Å². The average molecular weight is 401 g/mol. The summed E-state index contributed by atoms with van der Waals surface area (Å²) in [4.78, 5) is 35.5. The van der Waals surface area contributed by atoms with E-state index in [-0.39, 0.29) is 17.5 Å². The van der Waals surface area contributed by atoms with Gasteiger partial charge < -0.3 is 14.8 Å². The predicted molar refractivity (Wildman–Crippen MR) is 117 cm³/mol. The van der Waals surface area contributed by atoms with Crippen LogP contribution in [0.4, 0.5) is 5.69 Å². The summed E-state index contributed by atoms with van der Waals surface area (Å²) in [5.41, 5.74) is 3.29. The van der Waals surface area contributed by atoms with Crippen molar-refractivity contribution in [3.8, 4) is 0 Å². The highest BCUT2D eigenvalue weighted by Gasteiger charge is 2.13. The molecule has 0 saturated carbocycles. The van der Waals surface area contributed by atoms with Gasteiger partial charge in [0.1, 0.15) is 12.2 Å². The number of rotatable bonds is 6. The van der Waals surface area contributed by atoms with E-state index in [0.717, 1.165) is 16.4 Å². The second-order valence-electron chi connectivity index (χ2n) is 6.98. The second kappa shape index (κ2) is 8.32. The zero-order valence-corrected chi connectivity index (χ0v) is 17.0. The lowest BCUT2D eigenvalue weighted by molar-refractivity contribution is -0.131. The summed E-state index contributed by atoms with van der Waals surface area (Å²) < 4.78 is 1.93. The van der Waals surface area contributed by atoms with E-state index in [4.69, 9.17) is 0 Å². The molecule has 0 spiro atoms. The highest BCUT2D eigenvalue weighted by atomic mass is 16.2. The fraction of sp³-hybridized carbons (Fsp3) is 0.217. The number of aromatic nitrogens is 3. The molecule has 7 heteroatoms. The minimum atomic E-state index is -0.316. The molecule has 0 fully saturated rings. The van der Waals surface area contributed by atoms with Crippen LogP contribution in [-0.2, 0) is 11.3 Å². The van der Waals surface area contributed by atoms with Crippen LogP contribution in [0, 0.1) is 0 Å². The Morgan fingerprint density at radius 3 is 2.57 bits per heavy atom. The first-order valence-corrected chi connectivity index (χ1v) is 9.99. The predicted octanol–water partition coefficient (Wildman–Crippen LogP) is 3.71. The van der Waals surface area contributed by atoms with Crippen molar-refractivity contribution in [2.45, 2.75) is 20.4 Å². The molecule has 1 N–H and O–H groups in total. The van der Waals surface area contributed by atoms with Gasteiger partial charge >= 0.3 is 0 Å². The summed E-state index contributed by atoms with van der Waals surface area (Å²) in [6, 6.07) is 15.0. The van der Waals surface area contributed by atoms with Gasteiger partial charge in [0, 0.05) is 35.9 Å². The van der Waals surface area contributed by atoms with Crippen molar-refractivity contribution in [2.24, 2.45) is 0 Å². The number of amides is 2. The number of hydrogen-bond donors (Lipinski definition) is 1. The number of carbonyl (C=O) groups excluding carboxylic acids is 2. The minimum Gasteiger partial charge on any atom is -0.342 e. The van der Waals surface area contributed by atoms with Crippen molar-refractivity contribution in [1.29, 1.82) is 0 Å². The summed E-state index contributed by atoms with van der Waals surface area (Å²) in [5, 5.41) is 3.82. The van der Waals surface area contributed by atoms with Gasteiger partial charge in [0.15, 0.2) is 0 Å². The molecule has 0 aliphatic rings. The molecule has 2 heterocycles. The lowest BCUT2D eigenvalue weighted by Crippen LogP contribution is -2.33. The molecule has 30 heavy (non-hydrogen) atoms. The van der Waals surface area contributed by atoms with Crippen LogP contribution in [0.25, 0.3) is 21.9 Å². The molecule has 2 aromatic heterocycles. The maximum Gasteiger partial charge on any atom is 0.275 e. The molecule has 152 valence electrons. The maximum absolute atomic E-state index is 12.6. The number of hydrogen-bond acceptors (Lipinski definition) is 4. The molecule has 0 unspecified atom stereocenters. The monoisotopic (exact) mass is 401 g/mol. The third-order valence-corrected chi connectivity index (χ3v) is 5.13. The molecule has 0 atom stereocenters. The van der Waals surface area contributed by atoms with Gasteiger partial charge in [0.05, 0.1) is 17.2 Å². The Morgan fingerprint density at radius 2 is 1.80 bits per heavy atom. The maximum atomic E-state index is 12.6. The molecule has 0 bridgehead atoms. The smallest absolute Gasteiger partial charge is 0.275 e. The molecule has 2 amide bonds. The summed E-state index contributed by atoms with van der Waals surface area (Å²) in [7, 11) is 0. The molecule has 4 aromatic rings. The Labute approximate surface area is 174 Å². The van der Waals surface area contributed by atoms with E-state index in [1.165, 1.54) is 6.20 Å². The Bertz CT molecular complexity index is 1230.